The van der Waals surface area contributed by atoms with Crippen LogP contribution in [-0.2, 0) is 6.42 Å². The normalized spacial score (nSPS) is 13.3. The molecule has 7 aromatic carbocycles. The lowest BCUT2D eigenvalue weighted by molar-refractivity contribution is 1.06. The number of aryl methyl sites for hydroxylation is 1. The standard InChI is InChI=1S/C47H35N/c1-2-31-14-10-22-39-38(31)21-11-23-40(39)47-43-19-7-5-17-41(43)46(42-18-6-8-20-44(42)47)37-16-9-15-34(29-37)35-26-27-48-45(30-35)36-25-24-32-12-3-4-13-33(32)28-36/h3-8,10-15,17-30H,2,9,16H2,1H3. The van der Waals surface area contributed by atoms with Crippen molar-refractivity contribution in [2.45, 2.75) is 26.2 Å². The summed E-state index contributed by atoms with van der Waals surface area (Å²) in [5.74, 6) is 0. The van der Waals surface area contributed by atoms with Crippen molar-refractivity contribution in [3.05, 3.63) is 175 Å². The summed E-state index contributed by atoms with van der Waals surface area (Å²) in [6, 6.07) is 51.2. The highest BCUT2D eigenvalue weighted by atomic mass is 14.7. The Kier molecular flexibility index (Phi) is 6.98. The molecular formula is C47H35N. The van der Waals surface area contributed by atoms with Crippen LogP contribution in [0.1, 0.15) is 36.5 Å². The minimum Gasteiger partial charge on any atom is -0.256 e. The van der Waals surface area contributed by atoms with Gasteiger partial charge in [0.25, 0.3) is 0 Å². The van der Waals surface area contributed by atoms with Gasteiger partial charge in [-0.2, -0.15) is 0 Å². The van der Waals surface area contributed by atoms with Gasteiger partial charge in [-0.25, -0.2) is 0 Å². The predicted molar refractivity (Wildman–Crippen MR) is 206 cm³/mol. The average Bonchev–Trinajstić information content (AvgIpc) is 3.16. The van der Waals surface area contributed by atoms with Crippen molar-refractivity contribution in [3.63, 3.8) is 0 Å². The summed E-state index contributed by atoms with van der Waals surface area (Å²) < 4.78 is 0. The van der Waals surface area contributed by atoms with Crippen LogP contribution < -0.4 is 0 Å². The molecule has 48 heavy (non-hydrogen) atoms. The second kappa shape index (κ2) is 11.8. The average molecular weight is 614 g/mol. The van der Waals surface area contributed by atoms with Gasteiger partial charge in [-0.15, -0.1) is 0 Å². The van der Waals surface area contributed by atoms with E-state index in [4.69, 9.17) is 4.98 Å². The van der Waals surface area contributed by atoms with Gasteiger partial charge < -0.3 is 0 Å². The molecule has 1 heteroatoms. The maximum Gasteiger partial charge on any atom is 0.0708 e. The fourth-order valence-corrected chi connectivity index (χ4v) is 7.88. The van der Waals surface area contributed by atoms with Crippen LogP contribution in [0.25, 0.3) is 76.6 Å². The Morgan fingerprint density at radius 1 is 0.542 bits per heavy atom. The highest BCUT2D eigenvalue weighted by Crippen LogP contribution is 2.46. The quantitative estimate of drug-likeness (QED) is 0.176. The van der Waals surface area contributed by atoms with Gasteiger partial charge in [0.15, 0.2) is 0 Å². The molecule has 0 fully saturated rings. The fraction of sp³-hybridized carbons (Fsp3) is 0.0851. The first-order valence-corrected chi connectivity index (χ1v) is 17.1. The van der Waals surface area contributed by atoms with Crippen LogP contribution in [0.3, 0.4) is 0 Å². The summed E-state index contributed by atoms with van der Waals surface area (Å²) >= 11 is 0. The Morgan fingerprint density at radius 2 is 1.21 bits per heavy atom. The molecule has 0 unspecified atom stereocenters. The van der Waals surface area contributed by atoms with E-state index >= 15 is 0 Å². The minimum atomic E-state index is 1.00. The molecular weight excluding hydrogens is 579 g/mol. The van der Waals surface area contributed by atoms with E-state index in [9.17, 15) is 0 Å². The third-order valence-corrected chi connectivity index (χ3v) is 10.2. The first kappa shape index (κ1) is 28.4. The molecule has 1 nitrogen and oxygen atoms in total. The SMILES string of the molecule is CCc1cccc2c(-c3c4ccccc4c(C4=CC(c5ccnc(-c6ccc7ccccc7c6)c5)=CCC4)c4ccccc34)cccc12. The van der Waals surface area contributed by atoms with E-state index in [2.05, 4.69) is 159 Å². The molecule has 0 amide bonds. The number of pyridine rings is 1. The second-order valence-corrected chi connectivity index (χ2v) is 12.9. The van der Waals surface area contributed by atoms with E-state index in [1.54, 1.807) is 0 Å². The van der Waals surface area contributed by atoms with Gasteiger partial charge in [0.05, 0.1) is 5.69 Å². The molecule has 9 rings (SSSR count). The Bertz CT molecular complexity index is 2540. The van der Waals surface area contributed by atoms with Gasteiger partial charge >= 0.3 is 0 Å². The third kappa shape index (κ3) is 4.74. The lowest BCUT2D eigenvalue weighted by atomic mass is 9.81. The van der Waals surface area contributed by atoms with Crippen LogP contribution in [0, 0.1) is 0 Å². The summed E-state index contributed by atoms with van der Waals surface area (Å²) in [5.41, 5.74) is 11.4. The molecule has 8 aromatic rings. The zero-order valence-corrected chi connectivity index (χ0v) is 27.1. The number of hydrogen-bond donors (Lipinski definition) is 0. The molecule has 0 saturated heterocycles. The predicted octanol–water partition coefficient (Wildman–Crippen LogP) is 12.9. The minimum absolute atomic E-state index is 1.00. The van der Waals surface area contributed by atoms with E-state index in [0.29, 0.717) is 0 Å². The van der Waals surface area contributed by atoms with Crippen molar-refractivity contribution in [2.75, 3.05) is 0 Å². The zero-order valence-electron chi connectivity index (χ0n) is 27.1. The number of aromatic nitrogens is 1. The molecule has 0 bridgehead atoms. The van der Waals surface area contributed by atoms with Gasteiger partial charge in [0.2, 0.25) is 0 Å². The van der Waals surface area contributed by atoms with Crippen molar-refractivity contribution in [1.29, 1.82) is 0 Å². The van der Waals surface area contributed by atoms with Crippen LogP contribution >= 0.6 is 0 Å². The van der Waals surface area contributed by atoms with Gasteiger partial charge in [0.1, 0.15) is 0 Å². The van der Waals surface area contributed by atoms with Crippen LogP contribution in [0.5, 0.6) is 0 Å². The van der Waals surface area contributed by atoms with E-state index in [-0.39, 0.29) is 0 Å². The maximum atomic E-state index is 4.79. The molecule has 0 saturated carbocycles. The van der Waals surface area contributed by atoms with Crippen molar-refractivity contribution in [2.24, 2.45) is 0 Å². The van der Waals surface area contributed by atoms with Gasteiger partial charge in [0, 0.05) is 11.8 Å². The Morgan fingerprint density at radius 3 is 1.98 bits per heavy atom. The van der Waals surface area contributed by atoms with Gasteiger partial charge in [-0.05, 0) is 120 Å². The summed E-state index contributed by atoms with van der Waals surface area (Å²) in [4.78, 5) is 4.79. The molecule has 0 aliphatic heterocycles. The molecule has 1 aliphatic rings. The fourth-order valence-electron chi connectivity index (χ4n) is 7.88. The number of nitrogens with zero attached hydrogens (tertiary/aromatic N) is 1. The van der Waals surface area contributed by atoms with E-state index in [1.807, 2.05) is 6.20 Å². The Balaban J connectivity index is 1.21. The first-order valence-electron chi connectivity index (χ1n) is 17.1. The zero-order chi connectivity index (χ0) is 32.0. The van der Waals surface area contributed by atoms with Crippen molar-refractivity contribution in [3.8, 4) is 22.4 Å². The van der Waals surface area contributed by atoms with E-state index in [0.717, 1.165) is 30.5 Å². The lowest BCUT2D eigenvalue weighted by Gasteiger charge is -2.22. The number of rotatable bonds is 5. The van der Waals surface area contributed by atoms with Gasteiger partial charge in [-0.1, -0.05) is 140 Å². The third-order valence-electron chi connectivity index (χ3n) is 10.2. The number of benzene rings is 7. The monoisotopic (exact) mass is 613 g/mol. The molecule has 1 heterocycles. The molecule has 1 aromatic heterocycles. The van der Waals surface area contributed by atoms with Crippen LogP contribution in [0.2, 0.25) is 0 Å². The van der Waals surface area contributed by atoms with Gasteiger partial charge in [-0.3, -0.25) is 4.98 Å². The maximum absolute atomic E-state index is 4.79. The van der Waals surface area contributed by atoms with E-state index in [1.165, 1.54) is 82.1 Å². The summed E-state index contributed by atoms with van der Waals surface area (Å²) in [6.45, 7) is 2.25. The molecule has 0 spiro atoms. The molecule has 0 radical (unpaired) electrons. The largest absolute Gasteiger partial charge is 0.256 e. The molecule has 1 aliphatic carbocycles. The second-order valence-electron chi connectivity index (χ2n) is 12.9. The van der Waals surface area contributed by atoms with Crippen molar-refractivity contribution in [1.82, 2.24) is 4.98 Å². The van der Waals surface area contributed by atoms with Crippen LogP contribution in [0.15, 0.2) is 158 Å². The van der Waals surface area contributed by atoms with E-state index < -0.39 is 0 Å². The topological polar surface area (TPSA) is 12.9 Å². The summed E-state index contributed by atoms with van der Waals surface area (Å²) in [7, 11) is 0. The Labute approximate surface area is 281 Å². The van der Waals surface area contributed by atoms with Crippen molar-refractivity contribution >= 4 is 54.2 Å². The highest BCUT2D eigenvalue weighted by Gasteiger charge is 2.20. The van der Waals surface area contributed by atoms with Crippen LogP contribution in [-0.4, -0.2) is 4.98 Å². The highest BCUT2D eigenvalue weighted by molar-refractivity contribution is 6.21. The molecule has 0 atom stereocenters. The molecule has 228 valence electrons. The van der Waals surface area contributed by atoms with Crippen molar-refractivity contribution < 1.29 is 0 Å². The molecule has 0 N–H and O–H groups in total. The number of fused-ring (bicyclic) bond motifs is 4. The Hall–Kier alpha value is -5.79. The summed E-state index contributed by atoms with van der Waals surface area (Å²) in [5, 5.41) is 10.4. The van der Waals surface area contributed by atoms with Crippen LogP contribution in [0.4, 0.5) is 0 Å². The number of allylic oxidation sites excluding steroid dienone is 4. The smallest absolute Gasteiger partial charge is 0.0708 e. The summed E-state index contributed by atoms with van der Waals surface area (Å²) in [6.07, 6.45) is 9.81. The number of hydrogen-bond acceptors (Lipinski definition) is 1. The lowest BCUT2D eigenvalue weighted by Crippen LogP contribution is -1.98. The first-order chi connectivity index (χ1) is 23.8.